The molecule has 9 heteroatoms. The van der Waals surface area contributed by atoms with E-state index in [9.17, 15) is 10.1 Å². The number of halogens is 1. The average Bonchev–Trinajstić information content (AvgIpc) is 3.16. The first-order chi connectivity index (χ1) is 10.6. The topological polar surface area (TPSA) is 110 Å². The first-order valence-corrected chi connectivity index (χ1v) is 6.86. The Morgan fingerprint density at radius 3 is 2.91 bits per heavy atom. The van der Waals surface area contributed by atoms with Gasteiger partial charge in [-0.1, -0.05) is 0 Å². The molecule has 2 aromatic heterocycles. The lowest BCUT2D eigenvalue weighted by Gasteiger charge is -2.00. The molecule has 1 aromatic carbocycles. The number of aliphatic imine (C=N–C) groups is 1. The Morgan fingerprint density at radius 1 is 1.36 bits per heavy atom. The zero-order valence-electron chi connectivity index (χ0n) is 10.9. The molecule has 0 radical (unpaired) electrons. The van der Waals surface area contributed by atoms with Crippen molar-refractivity contribution in [2.45, 2.75) is 0 Å². The summed E-state index contributed by atoms with van der Waals surface area (Å²) in [6, 6.07) is 7.97. The van der Waals surface area contributed by atoms with Gasteiger partial charge in [-0.2, -0.15) is 10.1 Å². The number of H-pyrrole nitrogens is 1. The second-order valence-corrected chi connectivity index (χ2v) is 5.04. The van der Waals surface area contributed by atoms with Crippen molar-refractivity contribution in [2.75, 3.05) is 0 Å². The van der Waals surface area contributed by atoms with Gasteiger partial charge in [-0.15, -0.1) is 0 Å². The van der Waals surface area contributed by atoms with Gasteiger partial charge in [0.1, 0.15) is 17.8 Å². The molecule has 110 valence electrons. The highest BCUT2D eigenvalue weighted by Crippen LogP contribution is 2.32. The predicted molar refractivity (Wildman–Crippen MR) is 82.1 cm³/mol. The first kappa shape index (κ1) is 14.1. The minimum Gasteiger partial charge on any atom is -0.455 e. The average molecular weight is 362 g/mol. The molecule has 2 heterocycles. The standard InChI is InChI=1S/C13H8BrN5O3/c14-11-5-8(19(20)21)1-3-10(11)12-4-2-9(22-12)6-15-13-16-7-17-18-13/h1-7H,(H,16,17,18). The second kappa shape index (κ2) is 5.90. The van der Waals surface area contributed by atoms with Crippen molar-refractivity contribution < 1.29 is 9.34 Å². The fourth-order valence-electron chi connectivity index (χ4n) is 1.77. The van der Waals surface area contributed by atoms with Crippen molar-refractivity contribution in [1.82, 2.24) is 15.2 Å². The molecule has 0 fully saturated rings. The molecular formula is C13H8BrN5O3. The second-order valence-electron chi connectivity index (χ2n) is 4.19. The zero-order valence-corrected chi connectivity index (χ0v) is 12.5. The number of benzene rings is 1. The normalized spacial score (nSPS) is 11.1. The van der Waals surface area contributed by atoms with Crippen molar-refractivity contribution in [3.63, 3.8) is 0 Å². The van der Waals surface area contributed by atoms with Crippen molar-refractivity contribution in [3.05, 3.63) is 57.0 Å². The summed E-state index contributed by atoms with van der Waals surface area (Å²) in [5.74, 6) is 1.46. The molecule has 0 bridgehead atoms. The Kier molecular flexibility index (Phi) is 3.79. The van der Waals surface area contributed by atoms with Crippen molar-refractivity contribution in [2.24, 2.45) is 4.99 Å². The van der Waals surface area contributed by atoms with E-state index in [4.69, 9.17) is 4.42 Å². The van der Waals surface area contributed by atoms with Gasteiger partial charge in [-0.3, -0.25) is 10.1 Å². The largest absolute Gasteiger partial charge is 0.455 e. The third-order valence-electron chi connectivity index (χ3n) is 2.77. The fraction of sp³-hybridized carbons (Fsp3) is 0. The van der Waals surface area contributed by atoms with E-state index < -0.39 is 4.92 Å². The van der Waals surface area contributed by atoms with Gasteiger partial charge in [0.05, 0.1) is 11.1 Å². The summed E-state index contributed by atoms with van der Waals surface area (Å²) in [5, 5.41) is 17.0. The van der Waals surface area contributed by atoms with Crippen LogP contribution in [0.2, 0.25) is 0 Å². The maximum atomic E-state index is 10.7. The van der Waals surface area contributed by atoms with Crippen LogP contribution in [0, 0.1) is 10.1 Å². The first-order valence-electron chi connectivity index (χ1n) is 6.07. The highest BCUT2D eigenvalue weighted by atomic mass is 79.9. The van der Waals surface area contributed by atoms with E-state index in [0.29, 0.717) is 27.5 Å². The predicted octanol–water partition coefficient (Wildman–Crippen LogP) is 3.49. The van der Waals surface area contributed by atoms with Crippen LogP contribution in [0.15, 0.2) is 50.5 Å². The lowest BCUT2D eigenvalue weighted by atomic mass is 10.1. The van der Waals surface area contributed by atoms with Gasteiger partial charge in [0.2, 0.25) is 5.95 Å². The van der Waals surface area contributed by atoms with Crippen LogP contribution in [0.25, 0.3) is 11.3 Å². The van der Waals surface area contributed by atoms with E-state index in [1.807, 2.05) is 0 Å². The van der Waals surface area contributed by atoms with E-state index >= 15 is 0 Å². The quantitative estimate of drug-likeness (QED) is 0.434. The SMILES string of the molecule is O=[N+]([O-])c1ccc(-c2ccc(C=Nc3ncn[nH]3)o2)c(Br)c1. The molecule has 3 rings (SSSR count). The van der Waals surface area contributed by atoms with Gasteiger partial charge in [-0.05, 0) is 34.1 Å². The number of aromatic amines is 1. The Labute approximate surface area is 132 Å². The van der Waals surface area contributed by atoms with E-state index in [-0.39, 0.29) is 5.69 Å². The van der Waals surface area contributed by atoms with Crippen molar-refractivity contribution >= 4 is 33.8 Å². The van der Waals surface area contributed by atoms with Gasteiger partial charge < -0.3 is 4.42 Å². The summed E-state index contributed by atoms with van der Waals surface area (Å²) >= 11 is 3.31. The molecule has 0 saturated carbocycles. The molecule has 0 unspecified atom stereocenters. The minimum atomic E-state index is -0.452. The van der Waals surface area contributed by atoms with Gasteiger partial charge in [0, 0.05) is 22.2 Å². The van der Waals surface area contributed by atoms with Crippen LogP contribution in [0.5, 0.6) is 0 Å². The van der Waals surface area contributed by atoms with Gasteiger partial charge in [0.15, 0.2) is 0 Å². The summed E-state index contributed by atoms with van der Waals surface area (Å²) in [6.45, 7) is 0. The monoisotopic (exact) mass is 361 g/mol. The van der Waals surface area contributed by atoms with Gasteiger partial charge >= 0.3 is 0 Å². The van der Waals surface area contributed by atoms with Crippen LogP contribution in [-0.4, -0.2) is 26.3 Å². The summed E-state index contributed by atoms with van der Waals surface area (Å²) in [4.78, 5) is 18.2. The zero-order chi connectivity index (χ0) is 15.5. The van der Waals surface area contributed by atoms with Crippen LogP contribution in [0.3, 0.4) is 0 Å². The van der Waals surface area contributed by atoms with Crippen LogP contribution in [-0.2, 0) is 0 Å². The molecule has 8 nitrogen and oxygen atoms in total. The van der Waals surface area contributed by atoms with Crippen LogP contribution < -0.4 is 0 Å². The van der Waals surface area contributed by atoms with E-state index in [1.54, 1.807) is 18.2 Å². The molecule has 0 amide bonds. The number of aromatic nitrogens is 3. The van der Waals surface area contributed by atoms with E-state index in [1.165, 1.54) is 24.7 Å². The molecule has 1 N–H and O–H groups in total. The number of nitrogens with zero attached hydrogens (tertiary/aromatic N) is 4. The van der Waals surface area contributed by atoms with E-state index in [0.717, 1.165) is 0 Å². The number of hydrogen-bond donors (Lipinski definition) is 1. The maximum absolute atomic E-state index is 10.7. The molecule has 0 saturated heterocycles. The van der Waals surface area contributed by atoms with Crippen molar-refractivity contribution in [3.8, 4) is 11.3 Å². The van der Waals surface area contributed by atoms with Crippen molar-refractivity contribution in [1.29, 1.82) is 0 Å². The molecular weight excluding hydrogens is 354 g/mol. The number of nitro benzene ring substituents is 1. The molecule has 0 aliphatic heterocycles. The molecule has 0 spiro atoms. The number of nitrogens with one attached hydrogen (secondary N) is 1. The fourth-order valence-corrected chi connectivity index (χ4v) is 2.33. The number of non-ortho nitro benzene ring substituents is 1. The summed E-state index contributed by atoms with van der Waals surface area (Å²) in [6.07, 6.45) is 2.86. The van der Waals surface area contributed by atoms with E-state index in [2.05, 4.69) is 36.1 Å². The smallest absolute Gasteiger partial charge is 0.270 e. The molecule has 0 aliphatic carbocycles. The van der Waals surface area contributed by atoms with Crippen LogP contribution in [0.4, 0.5) is 11.6 Å². The highest BCUT2D eigenvalue weighted by Gasteiger charge is 2.12. The third kappa shape index (κ3) is 2.93. The Morgan fingerprint density at radius 2 is 2.23 bits per heavy atom. The summed E-state index contributed by atoms with van der Waals surface area (Å²) < 4.78 is 6.22. The number of rotatable bonds is 4. The third-order valence-corrected chi connectivity index (χ3v) is 3.43. The van der Waals surface area contributed by atoms with Crippen LogP contribution >= 0.6 is 15.9 Å². The number of hydrogen-bond acceptors (Lipinski definition) is 6. The van der Waals surface area contributed by atoms with Crippen LogP contribution in [0.1, 0.15) is 5.76 Å². The van der Waals surface area contributed by atoms with Gasteiger partial charge in [-0.25, -0.2) is 10.1 Å². The summed E-state index contributed by atoms with van der Waals surface area (Å²) in [7, 11) is 0. The molecule has 0 aliphatic rings. The Bertz CT molecular complexity index is 841. The molecule has 3 aromatic rings. The maximum Gasteiger partial charge on any atom is 0.270 e. The number of furan rings is 1. The molecule has 0 atom stereocenters. The lowest BCUT2D eigenvalue weighted by molar-refractivity contribution is -0.384. The Balaban J connectivity index is 1.86. The molecule has 22 heavy (non-hydrogen) atoms. The summed E-state index contributed by atoms with van der Waals surface area (Å²) in [5.41, 5.74) is 0.721. The lowest BCUT2D eigenvalue weighted by Crippen LogP contribution is -1.88. The minimum absolute atomic E-state index is 0.00860. The van der Waals surface area contributed by atoms with Gasteiger partial charge in [0.25, 0.3) is 5.69 Å². The number of nitro groups is 1. The highest BCUT2D eigenvalue weighted by molar-refractivity contribution is 9.10. The Hall–Kier alpha value is -2.81.